The van der Waals surface area contributed by atoms with Gasteiger partial charge in [-0.05, 0) is 19.9 Å². The third-order valence-electron chi connectivity index (χ3n) is 7.69. The van der Waals surface area contributed by atoms with E-state index in [0.29, 0.717) is 64.7 Å². The summed E-state index contributed by atoms with van der Waals surface area (Å²) in [6, 6.07) is 1.29. The first-order valence-electron chi connectivity index (χ1n) is 14.8. The molecule has 2 aliphatic rings. The van der Waals surface area contributed by atoms with Crippen LogP contribution in [0.5, 0.6) is 0 Å². The molecule has 2 aliphatic heterocycles. The predicted octanol–water partition coefficient (Wildman–Crippen LogP) is 0.235. The van der Waals surface area contributed by atoms with Gasteiger partial charge in [-0.2, -0.15) is 0 Å². The number of hydrogen-bond donors (Lipinski definition) is 1. The zero-order valence-corrected chi connectivity index (χ0v) is 28.3. The van der Waals surface area contributed by atoms with Crippen molar-refractivity contribution < 1.29 is 45.9 Å². The number of likely N-dealkylation sites (N-methyl/N-ethyl adjacent to an activating group) is 1. The molecule has 0 aromatic rings. The summed E-state index contributed by atoms with van der Waals surface area (Å²) in [4.78, 5) is 6.95. The summed E-state index contributed by atoms with van der Waals surface area (Å²) in [6.07, 6.45) is 0.744. The second-order valence-corrected chi connectivity index (χ2v) is 16.7. The fraction of sp³-hybridized carbons (Fsp3) is 1.00. The van der Waals surface area contributed by atoms with E-state index in [1.165, 1.54) is 0 Å². The molecule has 244 valence electrons. The molecule has 1 N–H and O–H groups in total. The molecule has 2 fully saturated rings. The normalized spacial score (nSPS) is 20.0. The van der Waals surface area contributed by atoms with Gasteiger partial charge in [0.2, 0.25) is 0 Å². The molecule has 2 rings (SSSR count). The van der Waals surface area contributed by atoms with Crippen molar-refractivity contribution in [3.05, 3.63) is 0 Å². The molecular weight excluding hydrogens is 570 g/mol. The Labute approximate surface area is 249 Å². The quantitative estimate of drug-likeness (QED) is 0.123. The van der Waals surface area contributed by atoms with Crippen molar-refractivity contribution in [1.82, 2.24) is 14.7 Å². The highest BCUT2D eigenvalue weighted by atomic mass is 28.4. The van der Waals surface area contributed by atoms with Crippen LogP contribution < -0.4 is 0 Å². The molecule has 0 radical (unpaired) electrons. The lowest BCUT2D eigenvalue weighted by Gasteiger charge is -2.37. The van der Waals surface area contributed by atoms with Crippen LogP contribution in [-0.2, 0) is 40.8 Å². The Morgan fingerprint density at radius 1 is 0.683 bits per heavy atom. The summed E-state index contributed by atoms with van der Waals surface area (Å²) in [7, 11) is 4.74. The van der Waals surface area contributed by atoms with Gasteiger partial charge < -0.3 is 50.8 Å². The van der Waals surface area contributed by atoms with E-state index in [1.807, 2.05) is 0 Å². The molecule has 15 heteroatoms. The molecule has 2 atom stereocenters. The number of morpholine rings is 1. The van der Waals surface area contributed by atoms with E-state index in [0.717, 1.165) is 52.2 Å². The maximum Gasteiger partial charge on any atom is 0.500 e. The number of nitrogens with zero attached hydrogens (tertiary/aromatic N) is 3. The van der Waals surface area contributed by atoms with Gasteiger partial charge in [0.1, 0.15) is 0 Å². The number of hydrogen-bond acceptors (Lipinski definition) is 13. The van der Waals surface area contributed by atoms with Gasteiger partial charge in [-0.3, -0.25) is 9.80 Å². The molecule has 41 heavy (non-hydrogen) atoms. The van der Waals surface area contributed by atoms with E-state index in [4.69, 9.17) is 40.8 Å². The second kappa shape index (κ2) is 20.8. The van der Waals surface area contributed by atoms with Crippen LogP contribution in [0.15, 0.2) is 0 Å². The number of β-amino-alcohol motifs (C(OH)–C–C–N with tert-alkyl or cyclic N) is 1. The van der Waals surface area contributed by atoms with Gasteiger partial charge in [-0.15, -0.1) is 0 Å². The molecule has 0 aliphatic carbocycles. The smallest absolute Gasteiger partial charge is 0.389 e. The SMILES string of the molecule is CO[Si](CCCOCC(CN1CCN(C)CC1)O[Si](CCCOCC(O)CN1CCOCC1)(OC)OC)(OC)OC. The molecular formula is C26H57N3O10Si2. The maximum absolute atomic E-state index is 10.3. The summed E-state index contributed by atoms with van der Waals surface area (Å²) in [5, 5.41) is 10.3. The monoisotopic (exact) mass is 627 g/mol. The average molecular weight is 628 g/mol. The Balaban J connectivity index is 1.83. The van der Waals surface area contributed by atoms with Crippen molar-refractivity contribution >= 4 is 17.6 Å². The molecule has 0 amide bonds. The minimum Gasteiger partial charge on any atom is -0.389 e. The van der Waals surface area contributed by atoms with E-state index in [1.54, 1.807) is 35.5 Å². The fourth-order valence-corrected chi connectivity index (χ4v) is 8.85. The Morgan fingerprint density at radius 3 is 1.76 bits per heavy atom. The van der Waals surface area contributed by atoms with Crippen molar-refractivity contribution in [1.29, 1.82) is 0 Å². The average Bonchev–Trinajstić information content (AvgIpc) is 3.00. The van der Waals surface area contributed by atoms with Gasteiger partial charge >= 0.3 is 17.6 Å². The fourth-order valence-electron chi connectivity index (χ4n) is 5.05. The number of piperazine rings is 1. The highest BCUT2D eigenvalue weighted by Gasteiger charge is 2.42. The van der Waals surface area contributed by atoms with Crippen LogP contribution in [0.3, 0.4) is 0 Å². The first-order chi connectivity index (χ1) is 19.8. The van der Waals surface area contributed by atoms with Crippen LogP contribution in [0, 0.1) is 0 Å². The lowest BCUT2D eigenvalue weighted by molar-refractivity contribution is -0.0237. The van der Waals surface area contributed by atoms with E-state index < -0.39 is 23.7 Å². The number of aliphatic hydroxyl groups excluding tert-OH is 1. The van der Waals surface area contributed by atoms with Crippen molar-refractivity contribution in [2.24, 2.45) is 0 Å². The van der Waals surface area contributed by atoms with Crippen molar-refractivity contribution in [3.8, 4) is 0 Å². The van der Waals surface area contributed by atoms with Crippen molar-refractivity contribution in [2.75, 3.05) is 135 Å². The summed E-state index contributed by atoms with van der Waals surface area (Å²) in [5.41, 5.74) is 0. The minimum absolute atomic E-state index is 0.199. The molecule has 2 saturated heterocycles. The largest absolute Gasteiger partial charge is 0.500 e. The second-order valence-electron chi connectivity index (χ2n) is 10.7. The minimum atomic E-state index is -2.97. The van der Waals surface area contributed by atoms with Gasteiger partial charge in [0.05, 0.1) is 38.6 Å². The molecule has 0 aromatic carbocycles. The van der Waals surface area contributed by atoms with E-state index in [-0.39, 0.29) is 6.10 Å². The molecule has 13 nitrogen and oxygen atoms in total. The Bertz CT molecular complexity index is 645. The zero-order valence-electron chi connectivity index (χ0n) is 26.3. The van der Waals surface area contributed by atoms with Crippen molar-refractivity contribution in [3.63, 3.8) is 0 Å². The highest BCUT2D eigenvalue weighted by molar-refractivity contribution is 6.61. The van der Waals surface area contributed by atoms with Gasteiger partial charge in [0.15, 0.2) is 0 Å². The van der Waals surface area contributed by atoms with Crippen LogP contribution in [0.1, 0.15) is 12.8 Å². The summed E-state index contributed by atoms with van der Waals surface area (Å²) in [5.74, 6) is 0. The molecule has 0 saturated carbocycles. The van der Waals surface area contributed by atoms with Gasteiger partial charge in [0, 0.05) is 113 Å². The van der Waals surface area contributed by atoms with Gasteiger partial charge in [-0.25, -0.2) is 0 Å². The first-order valence-corrected chi connectivity index (χ1v) is 18.7. The molecule has 2 unspecified atom stereocenters. The number of rotatable bonds is 23. The zero-order chi connectivity index (χ0) is 30.0. The van der Waals surface area contributed by atoms with Crippen molar-refractivity contribution in [2.45, 2.75) is 37.1 Å². The number of aliphatic hydroxyl groups is 1. The van der Waals surface area contributed by atoms with Crippen LogP contribution in [0.25, 0.3) is 0 Å². The van der Waals surface area contributed by atoms with E-state index >= 15 is 0 Å². The third kappa shape index (κ3) is 14.0. The third-order valence-corrected chi connectivity index (χ3v) is 13.4. The van der Waals surface area contributed by atoms with Gasteiger partial charge in [-0.1, -0.05) is 0 Å². The topological polar surface area (TPSA) is 113 Å². The summed E-state index contributed by atoms with van der Waals surface area (Å²) in [6.45, 7) is 10.2. The lowest BCUT2D eigenvalue weighted by Crippen LogP contribution is -2.53. The molecule has 2 heterocycles. The van der Waals surface area contributed by atoms with Gasteiger partial charge in [0.25, 0.3) is 0 Å². The number of ether oxygens (including phenoxy) is 3. The van der Waals surface area contributed by atoms with Crippen LogP contribution >= 0.6 is 0 Å². The molecule has 0 aromatic heterocycles. The summed E-state index contributed by atoms with van der Waals surface area (Å²) >= 11 is 0. The summed E-state index contributed by atoms with van der Waals surface area (Å²) < 4.78 is 52.3. The first kappa shape index (κ1) is 37.1. The standard InChI is InChI=1S/C26H57N3O10Si2/c1-27-9-11-28(12-10-27)22-26(24-38-16-7-19-40(31-2,32-3)33-4)39-41(34-5,35-6)20-8-15-37-23-25(30)21-29-13-17-36-18-14-29/h25-26,30H,7-24H2,1-6H3. The highest BCUT2D eigenvalue weighted by Crippen LogP contribution is 2.20. The van der Waals surface area contributed by atoms with E-state index in [2.05, 4.69) is 21.7 Å². The van der Waals surface area contributed by atoms with E-state index in [9.17, 15) is 5.11 Å². The molecule has 0 bridgehead atoms. The Morgan fingerprint density at radius 2 is 1.20 bits per heavy atom. The van der Waals surface area contributed by atoms with Crippen LogP contribution in [-0.4, -0.2) is 184 Å². The Kier molecular flexibility index (Phi) is 18.8. The van der Waals surface area contributed by atoms with Crippen LogP contribution in [0.2, 0.25) is 12.1 Å². The predicted molar refractivity (Wildman–Crippen MR) is 159 cm³/mol. The Hall–Kier alpha value is -0.0862. The van der Waals surface area contributed by atoms with Crippen LogP contribution in [0.4, 0.5) is 0 Å². The molecule has 0 spiro atoms. The maximum atomic E-state index is 10.3. The lowest BCUT2D eigenvalue weighted by atomic mass is 10.3.